The Kier molecular flexibility index (Phi) is 3.44. The van der Waals surface area contributed by atoms with Gasteiger partial charge >= 0.3 is 0 Å². The van der Waals surface area contributed by atoms with E-state index in [1.807, 2.05) is 12.1 Å². The molecule has 0 unspecified atom stereocenters. The Labute approximate surface area is 95.2 Å². The van der Waals surface area contributed by atoms with E-state index in [2.05, 4.69) is 9.88 Å². The minimum Gasteiger partial charge on any atom is -0.357 e. The first-order valence-electron chi connectivity index (χ1n) is 5.37. The summed E-state index contributed by atoms with van der Waals surface area (Å²) < 4.78 is 0. The highest BCUT2D eigenvalue weighted by Crippen LogP contribution is 2.21. The monoisotopic (exact) mass is 225 g/mol. The molecule has 1 aromatic rings. The van der Waals surface area contributed by atoms with Gasteiger partial charge in [-0.1, -0.05) is 17.7 Å². The average Bonchev–Trinajstić information content (AvgIpc) is 2.29. The van der Waals surface area contributed by atoms with E-state index in [0.717, 1.165) is 38.3 Å². The highest BCUT2D eigenvalue weighted by atomic mass is 35.5. The van der Waals surface area contributed by atoms with Gasteiger partial charge in [-0.15, -0.1) is 0 Å². The number of aromatic nitrogens is 1. The molecule has 0 aromatic carbocycles. The van der Waals surface area contributed by atoms with Crippen LogP contribution in [0.1, 0.15) is 12.8 Å². The molecule has 1 aliphatic rings. The summed E-state index contributed by atoms with van der Waals surface area (Å²) in [5, 5.41) is 0.563. The fourth-order valence-electron chi connectivity index (χ4n) is 1.97. The molecular weight excluding hydrogens is 210 g/mol. The maximum absolute atomic E-state index is 5.86. The Morgan fingerprint density at radius 3 is 2.73 bits per heavy atom. The SMILES string of the molecule is NCC1CCN(c2cccc(Cl)n2)CC1. The van der Waals surface area contributed by atoms with E-state index in [1.54, 1.807) is 6.07 Å². The Bertz CT molecular complexity index is 321. The molecule has 82 valence electrons. The summed E-state index contributed by atoms with van der Waals surface area (Å²) in [6.45, 7) is 2.88. The topological polar surface area (TPSA) is 42.1 Å². The van der Waals surface area contributed by atoms with Gasteiger partial charge in [-0.05, 0) is 37.4 Å². The van der Waals surface area contributed by atoms with E-state index in [9.17, 15) is 0 Å². The third kappa shape index (κ3) is 2.61. The second kappa shape index (κ2) is 4.81. The lowest BCUT2D eigenvalue weighted by atomic mass is 9.97. The Morgan fingerprint density at radius 2 is 2.13 bits per heavy atom. The fraction of sp³-hybridized carbons (Fsp3) is 0.545. The summed E-state index contributed by atoms with van der Waals surface area (Å²) in [4.78, 5) is 6.58. The number of anilines is 1. The summed E-state index contributed by atoms with van der Waals surface area (Å²) in [6, 6.07) is 5.76. The van der Waals surface area contributed by atoms with Gasteiger partial charge in [-0.25, -0.2) is 4.98 Å². The van der Waals surface area contributed by atoms with Crippen molar-refractivity contribution in [1.82, 2.24) is 4.98 Å². The number of rotatable bonds is 2. The van der Waals surface area contributed by atoms with E-state index in [-0.39, 0.29) is 0 Å². The van der Waals surface area contributed by atoms with Crippen molar-refractivity contribution in [3.63, 3.8) is 0 Å². The molecule has 0 spiro atoms. The lowest BCUT2D eigenvalue weighted by molar-refractivity contribution is 0.413. The average molecular weight is 226 g/mol. The van der Waals surface area contributed by atoms with Crippen molar-refractivity contribution in [3.8, 4) is 0 Å². The van der Waals surface area contributed by atoms with Crippen LogP contribution in [0.15, 0.2) is 18.2 Å². The van der Waals surface area contributed by atoms with Gasteiger partial charge in [0.15, 0.2) is 0 Å². The smallest absolute Gasteiger partial charge is 0.131 e. The zero-order chi connectivity index (χ0) is 10.7. The third-order valence-electron chi connectivity index (χ3n) is 2.97. The lowest BCUT2D eigenvalue weighted by Crippen LogP contribution is -2.36. The first kappa shape index (κ1) is 10.7. The van der Waals surface area contributed by atoms with Crippen LogP contribution >= 0.6 is 11.6 Å². The third-order valence-corrected chi connectivity index (χ3v) is 3.18. The van der Waals surface area contributed by atoms with Crippen molar-refractivity contribution in [2.45, 2.75) is 12.8 Å². The van der Waals surface area contributed by atoms with E-state index in [1.165, 1.54) is 0 Å². The minimum atomic E-state index is 0.563. The van der Waals surface area contributed by atoms with Gasteiger partial charge in [0.05, 0.1) is 0 Å². The molecule has 15 heavy (non-hydrogen) atoms. The quantitative estimate of drug-likeness (QED) is 0.782. The number of nitrogens with zero attached hydrogens (tertiary/aromatic N) is 2. The molecule has 3 nitrogen and oxygen atoms in total. The van der Waals surface area contributed by atoms with Crippen LogP contribution in [0.4, 0.5) is 5.82 Å². The summed E-state index contributed by atoms with van der Waals surface area (Å²) >= 11 is 5.86. The van der Waals surface area contributed by atoms with Crippen LogP contribution in [0.5, 0.6) is 0 Å². The van der Waals surface area contributed by atoms with Crippen molar-refractivity contribution in [2.24, 2.45) is 11.7 Å². The number of nitrogens with two attached hydrogens (primary N) is 1. The molecule has 1 fully saturated rings. The highest BCUT2D eigenvalue weighted by Gasteiger charge is 2.18. The molecule has 0 saturated carbocycles. The van der Waals surface area contributed by atoms with Gasteiger partial charge in [0, 0.05) is 13.1 Å². The van der Waals surface area contributed by atoms with Crippen LogP contribution in [0.25, 0.3) is 0 Å². The fourth-order valence-corrected chi connectivity index (χ4v) is 2.13. The van der Waals surface area contributed by atoms with E-state index in [0.29, 0.717) is 11.1 Å². The Morgan fingerprint density at radius 1 is 1.40 bits per heavy atom. The van der Waals surface area contributed by atoms with Crippen LogP contribution in [-0.4, -0.2) is 24.6 Å². The first-order valence-corrected chi connectivity index (χ1v) is 5.75. The van der Waals surface area contributed by atoms with Crippen LogP contribution in [0, 0.1) is 5.92 Å². The summed E-state index contributed by atoms with van der Waals surface area (Å²) in [5.41, 5.74) is 5.66. The maximum atomic E-state index is 5.86. The van der Waals surface area contributed by atoms with Gasteiger partial charge in [-0.2, -0.15) is 0 Å². The predicted molar refractivity (Wildman–Crippen MR) is 63.2 cm³/mol. The molecule has 0 aliphatic carbocycles. The zero-order valence-corrected chi connectivity index (χ0v) is 9.45. The number of halogens is 1. The number of hydrogen-bond acceptors (Lipinski definition) is 3. The van der Waals surface area contributed by atoms with Crippen molar-refractivity contribution < 1.29 is 0 Å². The molecule has 0 amide bonds. The minimum absolute atomic E-state index is 0.563. The van der Waals surface area contributed by atoms with Gasteiger partial charge < -0.3 is 10.6 Å². The standard InChI is InChI=1S/C11H16ClN3/c12-10-2-1-3-11(14-10)15-6-4-9(8-13)5-7-15/h1-3,9H,4-8,13H2. The lowest BCUT2D eigenvalue weighted by Gasteiger charge is -2.32. The maximum Gasteiger partial charge on any atom is 0.131 e. The van der Waals surface area contributed by atoms with Gasteiger partial charge in [0.1, 0.15) is 11.0 Å². The Hall–Kier alpha value is -0.800. The summed E-state index contributed by atoms with van der Waals surface area (Å²) in [6.07, 6.45) is 2.31. The van der Waals surface area contributed by atoms with Gasteiger partial charge in [0.25, 0.3) is 0 Å². The second-order valence-corrected chi connectivity index (χ2v) is 4.37. The molecule has 2 rings (SSSR count). The molecule has 1 saturated heterocycles. The van der Waals surface area contributed by atoms with E-state index < -0.39 is 0 Å². The van der Waals surface area contributed by atoms with Gasteiger partial charge in [-0.3, -0.25) is 0 Å². The van der Waals surface area contributed by atoms with Crippen LogP contribution in [-0.2, 0) is 0 Å². The van der Waals surface area contributed by atoms with Crippen molar-refractivity contribution >= 4 is 17.4 Å². The summed E-state index contributed by atoms with van der Waals surface area (Å²) in [5.74, 6) is 1.67. The number of hydrogen-bond donors (Lipinski definition) is 1. The molecule has 0 atom stereocenters. The molecule has 2 N–H and O–H groups in total. The van der Waals surface area contributed by atoms with Crippen LogP contribution in [0.2, 0.25) is 5.15 Å². The van der Waals surface area contributed by atoms with Crippen molar-refractivity contribution in [3.05, 3.63) is 23.4 Å². The molecule has 0 radical (unpaired) electrons. The van der Waals surface area contributed by atoms with Crippen LogP contribution < -0.4 is 10.6 Å². The van der Waals surface area contributed by atoms with E-state index in [4.69, 9.17) is 17.3 Å². The molecule has 2 heterocycles. The summed E-state index contributed by atoms with van der Waals surface area (Å²) in [7, 11) is 0. The first-order chi connectivity index (χ1) is 7.29. The second-order valence-electron chi connectivity index (χ2n) is 3.98. The largest absolute Gasteiger partial charge is 0.357 e. The van der Waals surface area contributed by atoms with Crippen LogP contribution in [0.3, 0.4) is 0 Å². The van der Waals surface area contributed by atoms with Crippen molar-refractivity contribution in [2.75, 3.05) is 24.5 Å². The molecule has 1 aromatic heterocycles. The molecule has 4 heteroatoms. The van der Waals surface area contributed by atoms with Crippen molar-refractivity contribution in [1.29, 1.82) is 0 Å². The number of pyridine rings is 1. The van der Waals surface area contributed by atoms with E-state index >= 15 is 0 Å². The Balaban J connectivity index is 2.01. The highest BCUT2D eigenvalue weighted by molar-refractivity contribution is 6.29. The normalized spacial score (nSPS) is 18.1. The predicted octanol–water partition coefficient (Wildman–Crippen LogP) is 1.91. The zero-order valence-electron chi connectivity index (χ0n) is 8.69. The number of piperidine rings is 1. The molecule has 1 aliphatic heterocycles. The van der Waals surface area contributed by atoms with Gasteiger partial charge in [0.2, 0.25) is 0 Å². The molecule has 0 bridgehead atoms. The molecular formula is C11H16ClN3.